The number of urea groups is 1. The van der Waals surface area contributed by atoms with Gasteiger partial charge in [-0.05, 0) is 25.7 Å². The molecular weight excluding hydrogens is 274 g/mol. The topological polar surface area (TPSA) is 90.3 Å². The number of nitrogens with zero attached hydrogens (tertiary/aromatic N) is 3. The summed E-state index contributed by atoms with van der Waals surface area (Å²) in [5, 5.41) is 12.3. The zero-order valence-electron chi connectivity index (χ0n) is 10.8. The van der Waals surface area contributed by atoms with Gasteiger partial charge < -0.3 is 10.0 Å². The molecule has 1 aliphatic rings. The first kappa shape index (κ1) is 15.7. The van der Waals surface area contributed by atoms with Gasteiger partial charge in [-0.3, -0.25) is 4.79 Å². The van der Waals surface area contributed by atoms with E-state index in [9.17, 15) is 14.5 Å². The van der Waals surface area contributed by atoms with Crippen molar-refractivity contribution in [2.75, 3.05) is 19.5 Å². The number of carboxylic acids is 1. The summed E-state index contributed by atoms with van der Waals surface area (Å²) in [5.74, 6) is -0.981. The van der Waals surface area contributed by atoms with Crippen LogP contribution in [0.3, 0.4) is 0 Å². The van der Waals surface area contributed by atoms with Gasteiger partial charge in [-0.25, -0.2) is 4.79 Å². The Morgan fingerprint density at radius 3 is 2.32 bits per heavy atom. The van der Waals surface area contributed by atoms with Crippen LogP contribution in [0.15, 0.2) is 5.29 Å². The fourth-order valence-corrected chi connectivity index (χ4v) is 2.46. The van der Waals surface area contributed by atoms with E-state index in [1.807, 2.05) is 0 Å². The van der Waals surface area contributed by atoms with E-state index in [1.165, 1.54) is 4.90 Å². The minimum Gasteiger partial charge on any atom is -0.481 e. The molecule has 1 N–H and O–H groups in total. The van der Waals surface area contributed by atoms with E-state index in [4.69, 9.17) is 16.7 Å². The quantitative estimate of drug-likeness (QED) is 0.476. The zero-order chi connectivity index (χ0) is 14.4. The summed E-state index contributed by atoms with van der Waals surface area (Å²) in [4.78, 5) is 34.8. The van der Waals surface area contributed by atoms with Crippen LogP contribution in [0.25, 0.3) is 0 Å². The molecule has 0 unspecified atom stereocenters. The van der Waals surface area contributed by atoms with Crippen LogP contribution in [0, 0.1) is 10.8 Å². The summed E-state index contributed by atoms with van der Waals surface area (Å²) in [6.45, 7) is 0.0682. The van der Waals surface area contributed by atoms with Gasteiger partial charge in [0.25, 0.3) is 0 Å². The third-order valence-electron chi connectivity index (χ3n) is 3.51. The molecule has 1 fully saturated rings. The standard InChI is InChI=1S/C11H18ClN3O4/c1-14(11(18)15(13-19)7-6-12)9-4-2-8(3-5-9)10(16)17/h8-9H,2-7H2,1H3,(H,16,17). The Hall–Kier alpha value is -1.37. The summed E-state index contributed by atoms with van der Waals surface area (Å²) in [7, 11) is 1.60. The molecule has 1 rings (SSSR count). The normalized spacial score (nSPS) is 22.6. The second kappa shape index (κ2) is 7.28. The average molecular weight is 292 g/mol. The van der Waals surface area contributed by atoms with Crippen molar-refractivity contribution >= 4 is 23.6 Å². The van der Waals surface area contributed by atoms with Gasteiger partial charge in [-0.2, -0.15) is 5.01 Å². The highest BCUT2D eigenvalue weighted by Gasteiger charge is 2.31. The summed E-state index contributed by atoms with van der Waals surface area (Å²) in [5.41, 5.74) is 0. The predicted molar refractivity (Wildman–Crippen MR) is 69.8 cm³/mol. The molecule has 8 heteroatoms. The number of nitroso groups, excluding NO2 is 1. The van der Waals surface area contributed by atoms with Crippen LogP contribution < -0.4 is 0 Å². The number of carbonyl (C=O) groups excluding carboxylic acids is 1. The molecule has 0 saturated heterocycles. The summed E-state index contributed by atoms with van der Waals surface area (Å²) in [6, 6.07) is -0.544. The minimum atomic E-state index is -0.786. The second-order valence-electron chi connectivity index (χ2n) is 4.63. The smallest absolute Gasteiger partial charge is 0.343 e. The molecule has 0 aromatic heterocycles. The Kier molecular flexibility index (Phi) is 6.01. The van der Waals surface area contributed by atoms with Crippen molar-refractivity contribution in [1.29, 1.82) is 0 Å². The van der Waals surface area contributed by atoms with E-state index < -0.39 is 12.0 Å². The van der Waals surface area contributed by atoms with Gasteiger partial charge in [-0.1, -0.05) is 0 Å². The molecule has 0 radical (unpaired) electrons. The van der Waals surface area contributed by atoms with Crippen LogP contribution in [0.4, 0.5) is 4.79 Å². The van der Waals surface area contributed by atoms with E-state index in [2.05, 4.69) is 5.29 Å². The Morgan fingerprint density at radius 2 is 1.89 bits per heavy atom. The SMILES string of the molecule is CN(C(=O)N(CCCl)N=O)C1CCC(C(=O)O)CC1. The van der Waals surface area contributed by atoms with Gasteiger partial charge in [0.15, 0.2) is 0 Å². The molecule has 7 nitrogen and oxygen atoms in total. The third kappa shape index (κ3) is 4.05. The number of amides is 2. The number of rotatable bonds is 5. The maximum absolute atomic E-state index is 12.0. The van der Waals surface area contributed by atoms with Gasteiger partial charge in [-0.15, -0.1) is 16.5 Å². The van der Waals surface area contributed by atoms with Gasteiger partial charge in [0.05, 0.1) is 17.7 Å². The minimum absolute atomic E-state index is 0.0531. The van der Waals surface area contributed by atoms with Crippen molar-refractivity contribution in [1.82, 2.24) is 9.91 Å². The lowest BCUT2D eigenvalue weighted by Crippen LogP contribution is -2.46. The lowest BCUT2D eigenvalue weighted by Gasteiger charge is -2.34. The van der Waals surface area contributed by atoms with Gasteiger partial charge in [0.2, 0.25) is 0 Å². The molecule has 19 heavy (non-hydrogen) atoms. The highest BCUT2D eigenvalue weighted by molar-refractivity contribution is 6.18. The molecular formula is C11H18ClN3O4. The highest BCUT2D eigenvalue weighted by atomic mass is 35.5. The molecule has 0 bridgehead atoms. The van der Waals surface area contributed by atoms with Crippen LogP contribution >= 0.6 is 11.6 Å². The van der Waals surface area contributed by atoms with Gasteiger partial charge in [0.1, 0.15) is 0 Å². The first-order valence-electron chi connectivity index (χ1n) is 6.17. The van der Waals surface area contributed by atoms with Crippen molar-refractivity contribution in [3.05, 3.63) is 4.91 Å². The molecule has 0 aliphatic heterocycles. The van der Waals surface area contributed by atoms with E-state index in [0.717, 1.165) is 5.01 Å². The first-order chi connectivity index (χ1) is 9.01. The second-order valence-corrected chi connectivity index (χ2v) is 5.01. The number of carboxylic acid groups (broad SMARTS) is 1. The van der Waals surface area contributed by atoms with E-state index in [1.54, 1.807) is 7.05 Å². The molecule has 2 amide bonds. The Balaban J connectivity index is 2.54. The van der Waals surface area contributed by atoms with Crippen molar-refractivity contribution in [3.63, 3.8) is 0 Å². The summed E-state index contributed by atoms with van der Waals surface area (Å²) in [6.07, 6.45) is 2.32. The Morgan fingerprint density at radius 1 is 1.32 bits per heavy atom. The van der Waals surface area contributed by atoms with Gasteiger partial charge in [0, 0.05) is 19.0 Å². The number of alkyl halides is 1. The summed E-state index contributed by atoms with van der Waals surface area (Å²) < 4.78 is 0. The van der Waals surface area contributed by atoms with Crippen molar-refractivity contribution in [3.8, 4) is 0 Å². The Bertz CT molecular complexity index is 345. The Labute approximate surface area is 116 Å². The molecule has 1 saturated carbocycles. The predicted octanol–water partition coefficient (Wildman–Crippen LogP) is 1.90. The maximum atomic E-state index is 12.0. The molecule has 0 spiro atoms. The van der Waals surface area contributed by atoms with E-state index in [0.29, 0.717) is 25.7 Å². The van der Waals surface area contributed by atoms with Gasteiger partial charge >= 0.3 is 12.0 Å². The molecule has 108 valence electrons. The van der Waals surface area contributed by atoms with Crippen molar-refractivity contribution < 1.29 is 14.7 Å². The van der Waals surface area contributed by atoms with Crippen LogP contribution in [-0.2, 0) is 4.79 Å². The molecule has 1 aliphatic carbocycles. The molecule has 0 aromatic rings. The van der Waals surface area contributed by atoms with Crippen molar-refractivity contribution in [2.45, 2.75) is 31.7 Å². The lowest BCUT2D eigenvalue weighted by molar-refractivity contribution is -0.143. The van der Waals surface area contributed by atoms with E-state index >= 15 is 0 Å². The van der Waals surface area contributed by atoms with E-state index in [-0.39, 0.29) is 24.4 Å². The number of hydrogen-bond acceptors (Lipinski definition) is 4. The fraction of sp³-hybridized carbons (Fsp3) is 0.818. The number of aliphatic carboxylic acids is 1. The largest absolute Gasteiger partial charge is 0.481 e. The zero-order valence-corrected chi connectivity index (χ0v) is 11.5. The molecule has 0 aromatic carbocycles. The van der Waals surface area contributed by atoms with Crippen LogP contribution in [0.5, 0.6) is 0 Å². The van der Waals surface area contributed by atoms with Crippen LogP contribution in [-0.4, -0.2) is 52.5 Å². The number of carbonyl (C=O) groups is 2. The molecule has 0 heterocycles. The third-order valence-corrected chi connectivity index (χ3v) is 3.68. The first-order valence-corrected chi connectivity index (χ1v) is 6.71. The lowest BCUT2D eigenvalue weighted by atomic mass is 9.85. The fourth-order valence-electron chi connectivity index (χ4n) is 2.30. The number of hydrogen-bond donors (Lipinski definition) is 1. The highest BCUT2D eigenvalue weighted by Crippen LogP contribution is 2.27. The van der Waals surface area contributed by atoms with Crippen molar-refractivity contribution in [2.24, 2.45) is 11.2 Å². The summed E-state index contributed by atoms with van der Waals surface area (Å²) >= 11 is 5.49. The van der Waals surface area contributed by atoms with Crippen LogP contribution in [0.2, 0.25) is 0 Å². The number of halogens is 1. The van der Waals surface area contributed by atoms with Crippen LogP contribution in [0.1, 0.15) is 25.7 Å². The maximum Gasteiger partial charge on any atom is 0.343 e. The monoisotopic (exact) mass is 291 g/mol. The average Bonchev–Trinajstić information content (AvgIpc) is 2.43. The molecule has 0 atom stereocenters.